The Balaban J connectivity index is 1.49. The molecule has 4 aromatic rings. The highest BCUT2D eigenvalue weighted by molar-refractivity contribution is 7.89. The van der Waals surface area contributed by atoms with Crippen LogP contribution in [0.2, 0.25) is 0 Å². The average molecular weight is 972 g/mol. The van der Waals surface area contributed by atoms with Crippen molar-refractivity contribution in [2.45, 2.75) is 119 Å². The predicted molar refractivity (Wildman–Crippen MR) is 285 cm³/mol. The van der Waals surface area contributed by atoms with Crippen molar-refractivity contribution in [3.63, 3.8) is 0 Å². The third-order valence-electron chi connectivity index (χ3n) is 13.5. The van der Waals surface area contributed by atoms with Crippen LogP contribution in [0.5, 0.6) is 0 Å². The lowest BCUT2D eigenvalue weighted by Crippen LogP contribution is -2.36. The van der Waals surface area contributed by atoms with E-state index in [1.807, 2.05) is 19.1 Å². The second-order valence-electron chi connectivity index (χ2n) is 19.5. The van der Waals surface area contributed by atoms with E-state index < -0.39 is 21.5 Å². The Labute approximate surface area is 416 Å². The highest BCUT2D eigenvalue weighted by atomic mass is 32.2. The molecular weight excluding hydrogens is 897 g/mol. The highest BCUT2D eigenvalue weighted by Crippen LogP contribution is 2.45. The van der Waals surface area contributed by atoms with Crippen LogP contribution in [0.4, 0.5) is 21.9 Å². The molecule has 0 saturated carbocycles. The first-order valence-electron chi connectivity index (χ1n) is 25.1. The number of esters is 1. The van der Waals surface area contributed by atoms with Crippen LogP contribution in [0.3, 0.4) is 0 Å². The van der Waals surface area contributed by atoms with Crippen molar-refractivity contribution in [2.24, 2.45) is 5.41 Å². The Hall–Kier alpha value is -5.98. The molecule has 374 valence electrons. The Kier molecular flexibility index (Phi) is 17.4. The van der Waals surface area contributed by atoms with Crippen LogP contribution in [0.1, 0.15) is 130 Å². The molecule has 6 rings (SSSR count). The van der Waals surface area contributed by atoms with Gasteiger partial charge in [0.2, 0.25) is 21.1 Å². The molecule has 12 heteroatoms. The first-order chi connectivity index (χ1) is 33.3. The lowest BCUT2D eigenvalue weighted by Gasteiger charge is -2.31. The lowest BCUT2D eigenvalue weighted by molar-refractivity contribution is -0.153. The molecule has 0 bridgehead atoms. The van der Waals surface area contributed by atoms with Gasteiger partial charge in [-0.3, -0.25) is 4.79 Å². The van der Waals surface area contributed by atoms with Crippen LogP contribution in [0.25, 0.3) is 33.4 Å². The number of aryl methyl sites for hydroxylation is 1. The minimum Gasteiger partial charge on any atom is -0.463 e. The predicted octanol–water partition coefficient (Wildman–Crippen LogP) is 12.9. The van der Waals surface area contributed by atoms with Gasteiger partial charge in [0.25, 0.3) is 0 Å². The number of carbonyl (C=O) groups excluding carboxylic acids is 2. The van der Waals surface area contributed by atoms with E-state index in [1.54, 1.807) is 32.9 Å². The quantitative estimate of drug-likeness (QED) is 0.0347. The monoisotopic (exact) mass is 972 g/mol. The molecule has 1 N–H and O–H groups in total. The van der Waals surface area contributed by atoms with E-state index in [0.717, 1.165) is 27.6 Å². The van der Waals surface area contributed by atoms with Crippen molar-refractivity contribution in [1.82, 2.24) is 14.2 Å². The van der Waals surface area contributed by atoms with Crippen LogP contribution in [0.15, 0.2) is 106 Å². The number of benzene rings is 5. The summed E-state index contributed by atoms with van der Waals surface area (Å²) in [6.07, 6.45) is -0.111. The molecule has 0 atom stereocenters. The minimum absolute atomic E-state index is 0.00694. The number of hydrogen-bond acceptors (Lipinski definition) is 8. The maximum absolute atomic E-state index is 14.9. The number of anilines is 2. The van der Waals surface area contributed by atoms with E-state index in [1.165, 1.54) is 37.9 Å². The Morgan fingerprint density at radius 1 is 0.743 bits per heavy atom. The van der Waals surface area contributed by atoms with E-state index in [2.05, 4.69) is 150 Å². The van der Waals surface area contributed by atoms with Crippen molar-refractivity contribution in [3.8, 4) is 22.5 Å². The fourth-order valence-corrected chi connectivity index (χ4v) is 10.8. The van der Waals surface area contributed by atoms with Gasteiger partial charge in [-0.1, -0.05) is 110 Å². The Bertz CT molecular complexity index is 2940. The summed E-state index contributed by atoms with van der Waals surface area (Å²) >= 11 is 0. The van der Waals surface area contributed by atoms with Crippen LogP contribution >= 0.6 is 0 Å². The molecule has 2 aliphatic rings. The van der Waals surface area contributed by atoms with Crippen LogP contribution in [0, 0.1) is 12.3 Å². The van der Waals surface area contributed by atoms with Gasteiger partial charge in [0.1, 0.15) is 31.1 Å². The zero-order chi connectivity index (χ0) is 51.1. The molecular formula is C58H75N4O7S+. The second-order valence-corrected chi connectivity index (χ2v) is 21.4. The highest BCUT2D eigenvalue weighted by Gasteiger charge is 2.31. The zero-order valence-electron chi connectivity index (χ0n) is 43.7. The Morgan fingerprint density at radius 3 is 2.03 bits per heavy atom. The number of alkyl carbamates (subject to hydrolysis) is 1. The van der Waals surface area contributed by atoms with Crippen LogP contribution in [-0.2, 0) is 24.3 Å². The summed E-state index contributed by atoms with van der Waals surface area (Å²) in [6.45, 7) is 28.5. The summed E-state index contributed by atoms with van der Waals surface area (Å²) in [5.74, 6) is 1.15. The normalized spacial score (nSPS) is 12.6. The fourth-order valence-electron chi connectivity index (χ4n) is 9.19. The average Bonchev–Trinajstić information content (AvgIpc) is 3.33. The minimum atomic E-state index is -4.16. The topological polar surface area (TPSA) is 121 Å². The number of nitrogens with zero attached hydrogens (tertiary/aromatic N) is 3. The number of fused-ring (bicyclic) bond motifs is 2. The van der Waals surface area contributed by atoms with E-state index in [0.29, 0.717) is 54.2 Å². The first-order valence-corrected chi connectivity index (χ1v) is 26.5. The van der Waals surface area contributed by atoms with E-state index in [9.17, 15) is 18.0 Å². The van der Waals surface area contributed by atoms with Crippen LogP contribution < -0.4 is 20.1 Å². The van der Waals surface area contributed by atoms with E-state index >= 15 is 0 Å². The molecule has 1 aliphatic carbocycles. The Morgan fingerprint density at radius 2 is 1.40 bits per heavy atom. The van der Waals surface area contributed by atoms with Crippen molar-refractivity contribution in [1.29, 1.82) is 0 Å². The molecule has 0 aromatic heterocycles. The van der Waals surface area contributed by atoms with Gasteiger partial charge in [0, 0.05) is 76.3 Å². The third-order valence-corrected chi connectivity index (χ3v) is 15.5. The molecule has 0 saturated heterocycles. The number of para-hydroxylation sites is 2. The lowest BCUT2D eigenvalue weighted by atomic mass is 9.91. The number of rotatable bonds is 20. The second kappa shape index (κ2) is 22.8. The summed E-state index contributed by atoms with van der Waals surface area (Å²) in [7, 11) is -4.16. The standard InChI is InChI=1S/C58H74N4O7S/c1-14-58(12,13)56(63)67-34-32-59-57(64)68-35-33-60(15-2)70(65,66)52-27-19-18-23-49(52)53-47-30-28-42(61(16-3)54-41(11)22-20-24-44(54)38(5)6)36-50(47)69-51-37-43(29-31-48(51)53)62(17-4)55-45(39(7)8)25-21-26-46(55)40(9)10/h18-31,36-40H,14-17,32-35H2,1-13H3/p+1. The fraction of sp³-hybridized carbons (Fsp3) is 0.431. The molecule has 1 aliphatic heterocycles. The summed E-state index contributed by atoms with van der Waals surface area (Å²) in [6, 6.07) is 32.7. The summed E-state index contributed by atoms with van der Waals surface area (Å²) < 4.78 is 51.3. The number of carbonyl (C=O) groups is 2. The smallest absolute Gasteiger partial charge is 0.407 e. The van der Waals surface area contributed by atoms with Crippen molar-refractivity contribution in [2.75, 3.05) is 50.8 Å². The molecule has 1 amide bonds. The van der Waals surface area contributed by atoms with Gasteiger partial charge in [-0.05, 0) is 94.2 Å². The molecule has 0 fully saturated rings. The number of sulfonamides is 1. The maximum Gasteiger partial charge on any atom is 0.407 e. The molecule has 0 unspecified atom stereocenters. The third kappa shape index (κ3) is 11.3. The van der Waals surface area contributed by atoms with Crippen molar-refractivity contribution in [3.05, 3.63) is 125 Å². The van der Waals surface area contributed by atoms with Crippen molar-refractivity contribution < 1.29 is 31.9 Å². The first kappa shape index (κ1) is 53.4. The number of hydrogen-bond donors (Lipinski definition) is 1. The molecule has 0 spiro atoms. The molecule has 70 heavy (non-hydrogen) atoms. The van der Waals surface area contributed by atoms with Crippen molar-refractivity contribution >= 4 is 50.1 Å². The van der Waals surface area contributed by atoms with Gasteiger partial charge in [-0.15, -0.1) is 0 Å². The van der Waals surface area contributed by atoms with Gasteiger partial charge in [-0.2, -0.15) is 8.88 Å². The van der Waals surface area contributed by atoms with Gasteiger partial charge >= 0.3 is 12.1 Å². The number of ether oxygens (including phenoxy) is 2. The van der Waals surface area contributed by atoms with Crippen LogP contribution in [-0.4, -0.2) is 70.7 Å². The molecule has 1 heterocycles. The number of likely N-dealkylation sites (N-methyl/N-ethyl adjacent to an activating group) is 1. The van der Waals surface area contributed by atoms with E-state index in [4.69, 9.17) is 13.9 Å². The van der Waals surface area contributed by atoms with Gasteiger partial charge in [-0.25, -0.2) is 13.2 Å². The SMILES string of the molecule is CCN(c1ccc2c(-c3ccccc3S(=O)(=O)N(CC)CCOC(=O)NCCOC(=O)C(C)(C)CC)c3ccc(=[N+](CC)c4c(C)cccc4C(C)C)cc-3oc2c1)c1c(C(C)C)cccc1C(C)C. The summed E-state index contributed by atoms with van der Waals surface area (Å²) in [5, 5.41) is 4.31. The zero-order valence-corrected chi connectivity index (χ0v) is 44.6. The molecule has 0 radical (unpaired) electrons. The molecule has 4 aromatic carbocycles. The maximum atomic E-state index is 14.9. The summed E-state index contributed by atoms with van der Waals surface area (Å²) in [5.41, 5.74) is 10.3. The van der Waals surface area contributed by atoms with E-state index in [-0.39, 0.29) is 43.7 Å². The van der Waals surface area contributed by atoms with Gasteiger partial charge in [0.15, 0.2) is 0 Å². The van der Waals surface area contributed by atoms with Gasteiger partial charge in [0.05, 0.1) is 22.9 Å². The largest absolute Gasteiger partial charge is 0.463 e. The molecule has 11 nitrogen and oxygen atoms in total. The number of amides is 1. The summed E-state index contributed by atoms with van der Waals surface area (Å²) in [4.78, 5) is 27.5. The number of nitrogens with one attached hydrogen (secondary N) is 1. The van der Waals surface area contributed by atoms with Gasteiger partial charge < -0.3 is 24.1 Å².